The van der Waals surface area contributed by atoms with Gasteiger partial charge >= 0.3 is 5.97 Å². The van der Waals surface area contributed by atoms with Gasteiger partial charge in [0, 0.05) is 24.1 Å². The van der Waals surface area contributed by atoms with Gasteiger partial charge in [-0.2, -0.15) is 0 Å². The molecule has 2 N–H and O–H groups in total. The van der Waals surface area contributed by atoms with Crippen molar-refractivity contribution in [1.29, 1.82) is 0 Å². The minimum absolute atomic E-state index is 0.0127. The molecule has 6 heteroatoms. The van der Waals surface area contributed by atoms with E-state index in [0.717, 1.165) is 0 Å². The number of amides is 1. The van der Waals surface area contributed by atoms with Crippen LogP contribution in [0.5, 0.6) is 0 Å². The third-order valence-corrected chi connectivity index (χ3v) is 3.49. The third-order valence-electron chi connectivity index (χ3n) is 3.16. The first-order valence-corrected chi connectivity index (χ1v) is 7.26. The summed E-state index contributed by atoms with van der Waals surface area (Å²) in [6.45, 7) is 0. The quantitative estimate of drug-likeness (QED) is 0.791. The molecule has 0 saturated carbocycles. The number of carbonyl (C=O) groups is 3. The van der Waals surface area contributed by atoms with Crippen LogP contribution in [0.3, 0.4) is 0 Å². The van der Waals surface area contributed by atoms with Gasteiger partial charge in [0.25, 0.3) is 0 Å². The van der Waals surface area contributed by atoms with Crippen LogP contribution in [-0.2, 0) is 4.79 Å². The first-order valence-electron chi connectivity index (χ1n) is 6.88. The van der Waals surface area contributed by atoms with Crippen LogP contribution in [-0.4, -0.2) is 22.8 Å². The number of benzene rings is 2. The highest BCUT2D eigenvalue weighted by molar-refractivity contribution is 6.33. The molecule has 118 valence electrons. The Hall–Kier alpha value is -2.66. The van der Waals surface area contributed by atoms with Crippen molar-refractivity contribution in [3.8, 4) is 0 Å². The summed E-state index contributed by atoms with van der Waals surface area (Å²) in [4.78, 5) is 34.8. The Bertz CT molecular complexity index is 744. The monoisotopic (exact) mass is 331 g/mol. The molecule has 0 fully saturated rings. The molecule has 2 rings (SSSR count). The van der Waals surface area contributed by atoms with E-state index in [1.807, 2.05) is 6.07 Å². The number of nitrogens with one attached hydrogen (secondary N) is 1. The second-order valence-electron chi connectivity index (χ2n) is 4.84. The number of carboxylic acid groups (broad SMARTS) is 1. The molecule has 0 spiro atoms. The summed E-state index contributed by atoms with van der Waals surface area (Å²) in [6, 6.07) is 12.9. The topological polar surface area (TPSA) is 83.5 Å². The summed E-state index contributed by atoms with van der Waals surface area (Å²) >= 11 is 5.76. The fraction of sp³-hybridized carbons (Fsp3) is 0.118. The Labute approximate surface area is 137 Å². The highest BCUT2D eigenvalue weighted by Crippen LogP contribution is 2.20. The van der Waals surface area contributed by atoms with Crippen LogP contribution in [0.2, 0.25) is 5.02 Å². The molecule has 2 aromatic carbocycles. The standard InChI is InChI=1S/C17H14ClNO4/c18-14-7-6-12(10-13(14)17(22)23)19-16(21)9-8-15(20)11-4-2-1-3-5-11/h1-7,10H,8-9H2,(H,19,21)(H,22,23). The number of rotatable bonds is 6. The first-order chi connectivity index (χ1) is 11.0. The second-order valence-corrected chi connectivity index (χ2v) is 5.24. The first kappa shape index (κ1) is 16.7. The molecule has 1 amide bonds. The van der Waals surface area contributed by atoms with E-state index in [2.05, 4.69) is 5.32 Å². The summed E-state index contributed by atoms with van der Waals surface area (Å²) in [7, 11) is 0. The van der Waals surface area contributed by atoms with Crippen molar-refractivity contribution in [3.63, 3.8) is 0 Å². The number of carbonyl (C=O) groups excluding carboxylic acids is 2. The van der Waals surface area contributed by atoms with Crippen LogP contribution in [0.25, 0.3) is 0 Å². The summed E-state index contributed by atoms with van der Waals surface area (Å²) in [5.41, 5.74) is 0.786. The van der Waals surface area contributed by atoms with Gasteiger partial charge in [-0.15, -0.1) is 0 Å². The molecule has 0 aliphatic heterocycles. The molecule has 0 aromatic heterocycles. The van der Waals surface area contributed by atoms with Gasteiger partial charge in [0.05, 0.1) is 10.6 Å². The van der Waals surface area contributed by atoms with Crippen molar-refractivity contribution in [2.75, 3.05) is 5.32 Å². The minimum Gasteiger partial charge on any atom is -0.478 e. The molecule has 0 radical (unpaired) electrons. The SMILES string of the molecule is O=C(CCC(=O)c1ccccc1)Nc1ccc(Cl)c(C(=O)O)c1. The van der Waals surface area contributed by atoms with Crippen molar-refractivity contribution in [2.45, 2.75) is 12.8 Å². The molecule has 0 aliphatic rings. The molecule has 23 heavy (non-hydrogen) atoms. The van der Waals surface area contributed by atoms with Crippen LogP contribution < -0.4 is 5.32 Å². The normalized spacial score (nSPS) is 10.1. The van der Waals surface area contributed by atoms with E-state index in [0.29, 0.717) is 11.3 Å². The molecular weight excluding hydrogens is 318 g/mol. The maximum Gasteiger partial charge on any atom is 0.337 e. The number of halogens is 1. The zero-order valence-corrected chi connectivity index (χ0v) is 12.8. The van der Waals surface area contributed by atoms with Crippen molar-refractivity contribution in [1.82, 2.24) is 0 Å². The number of ketones is 1. The number of aromatic carboxylic acids is 1. The lowest BCUT2D eigenvalue weighted by molar-refractivity contribution is -0.116. The number of Topliss-reactive ketones (excluding diaryl/α,β-unsaturated/α-hetero) is 1. The van der Waals surface area contributed by atoms with Crippen LogP contribution in [0, 0.1) is 0 Å². The predicted molar refractivity (Wildman–Crippen MR) is 87.0 cm³/mol. The third kappa shape index (κ3) is 4.66. The molecule has 0 atom stereocenters. The number of anilines is 1. The lowest BCUT2D eigenvalue weighted by Crippen LogP contribution is -2.14. The van der Waals surface area contributed by atoms with Crippen LogP contribution >= 0.6 is 11.6 Å². The van der Waals surface area contributed by atoms with Gasteiger partial charge in [-0.25, -0.2) is 4.79 Å². The van der Waals surface area contributed by atoms with E-state index < -0.39 is 5.97 Å². The molecule has 2 aromatic rings. The summed E-state index contributed by atoms with van der Waals surface area (Å²) < 4.78 is 0. The van der Waals surface area contributed by atoms with E-state index in [1.165, 1.54) is 18.2 Å². The van der Waals surface area contributed by atoms with Crippen LogP contribution in [0.4, 0.5) is 5.69 Å². The number of hydrogen-bond acceptors (Lipinski definition) is 3. The fourth-order valence-corrected chi connectivity index (χ4v) is 2.18. The summed E-state index contributed by atoms with van der Waals surface area (Å²) in [5.74, 6) is -1.67. The fourth-order valence-electron chi connectivity index (χ4n) is 1.99. The van der Waals surface area contributed by atoms with Gasteiger partial charge in [0.1, 0.15) is 0 Å². The summed E-state index contributed by atoms with van der Waals surface area (Å²) in [5, 5.41) is 11.6. The van der Waals surface area contributed by atoms with E-state index >= 15 is 0 Å². The van der Waals surface area contributed by atoms with Crippen LogP contribution in [0.15, 0.2) is 48.5 Å². The van der Waals surface area contributed by atoms with Gasteiger partial charge in [-0.05, 0) is 18.2 Å². The Balaban J connectivity index is 1.94. The van der Waals surface area contributed by atoms with Gasteiger partial charge in [0.2, 0.25) is 5.91 Å². The van der Waals surface area contributed by atoms with Crippen molar-refractivity contribution >= 4 is 34.9 Å². The number of hydrogen-bond donors (Lipinski definition) is 2. The molecular formula is C17H14ClNO4. The largest absolute Gasteiger partial charge is 0.478 e. The molecule has 0 aliphatic carbocycles. The van der Waals surface area contributed by atoms with Crippen molar-refractivity contribution < 1.29 is 19.5 Å². The maximum atomic E-state index is 11.9. The predicted octanol–water partition coefficient (Wildman–Crippen LogP) is 3.64. The minimum atomic E-state index is -1.18. The average molecular weight is 332 g/mol. The zero-order valence-electron chi connectivity index (χ0n) is 12.1. The van der Waals surface area contributed by atoms with Crippen molar-refractivity contribution in [2.24, 2.45) is 0 Å². The highest BCUT2D eigenvalue weighted by Gasteiger charge is 2.12. The average Bonchev–Trinajstić information content (AvgIpc) is 2.55. The molecule has 0 unspecified atom stereocenters. The van der Waals surface area contributed by atoms with E-state index in [9.17, 15) is 14.4 Å². The summed E-state index contributed by atoms with van der Waals surface area (Å²) in [6.07, 6.45) is 0.0913. The smallest absolute Gasteiger partial charge is 0.337 e. The van der Waals surface area contributed by atoms with Crippen molar-refractivity contribution in [3.05, 3.63) is 64.7 Å². The van der Waals surface area contributed by atoms with Gasteiger partial charge in [-0.3, -0.25) is 9.59 Å². The van der Waals surface area contributed by atoms with Gasteiger partial charge in [-0.1, -0.05) is 41.9 Å². The Kier molecular flexibility index (Phi) is 5.49. The van der Waals surface area contributed by atoms with E-state index in [4.69, 9.17) is 16.7 Å². The Morgan fingerprint density at radius 2 is 1.70 bits per heavy atom. The molecule has 0 saturated heterocycles. The number of carboxylic acids is 1. The molecule has 5 nitrogen and oxygen atoms in total. The van der Waals surface area contributed by atoms with Crippen LogP contribution in [0.1, 0.15) is 33.6 Å². The zero-order chi connectivity index (χ0) is 16.8. The molecule has 0 bridgehead atoms. The van der Waals surface area contributed by atoms with Gasteiger partial charge in [0.15, 0.2) is 5.78 Å². The Morgan fingerprint density at radius 3 is 2.35 bits per heavy atom. The van der Waals surface area contributed by atoms with E-state index in [-0.39, 0.29) is 35.1 Å². The second kappa shape index (κ2) is 7.56. The lowest BCUT2D eigenvalue weighted by atomic mass is 10.1. The highest BCUT2D eigenvalue weighted by atomic mass is 35.5. The lowest BCUT2D eigenvalue weighted by Gasteiger charge is -2.07. The molecule has 0 heterocycles. The van der Waals surface area contributed by atoms with Gasteiger partial charge < -0.3 is 10.4 Å². The Morgan fingerprint density at radius 1 is 1.00 bits per heavy atom. The maximum absolute atomic E-state index is 11.9. The van der Waals surface area contributed by atoms with E-state index in [1.54, 1.807) is 24.3 Å².